The fraction of sp³-hybridized carbons (Fsp3) is 0. The molecule has 0 fully saturated rings. The number of rotatable bonds is 3. The lowest BCUT2D eigenvalue weighted by Crippen LogP contribution is -2.11. The van der Waals surface area contributed by atoms with Crippen LogP contribution in [0.25, 0.3) is 0 Å². The molecule has 0 aliphatic rings. The average molecular weight is 418 g/mol. The molecule has 0 spiro atoms. The van der Waals surface area contributed by atoms with Crippen molar-refractivity contribution in [1.29, 1.82) is 0 Å². The number of sulfonamides is 2. The van der Waals surface area contributed by atoms with E-state index in [2.05, 4.69) is 0 Å². The predicted octanol–water partition coefficient (Wildman–Crippen LogP) is 2.97. The van der Waals surface area contributed by atoms with E-state index in [1.807, 2.05) is 0 Å². The van der Waals surface area contributed by atoms with Gasteiger partial charge in [-0.1, -0.05) is 29.8 Å². The Morgan fingerprint density at radius 2 is 1.26 bits per heavy atom. The van der Waals surface area contributed by atoms with Crippen LogP contribution in [0.4, 0.5) is 0 Å². The molecule has 0 amide bonds. The van der Waals surface area contributed by atoms with Gasteiger partial charge in [0.25, 0.3) is 10.0 Å². The number of nitrogens with two attached hydrogens (primary N) is 1. The van der Waals surface area contributed by atoms with E-state index in [4.69, 9.17) is 40.3 Å². The summed E-state index contributed by atoms with van der Waals surface area (Å²) in [6.45, 7) is 0. The molecule has 2 N–H and O–H groups in total. The predicted molar refractivity (Wildman–Crippen MR) is 90.0 cm³/mol. The van der Waals surface area contributed by atoms with Crippen LogP contribution in [0.15, 0.2) is 64.4 Å². The third kappa shape index (κ3) is 6.27. The molecule has 0 heterocycles. The van der Waals surface area contributed by atoms with E-state index in [0.29, 0.717) is 5.02 Å². The van der Waals surface area contributed by atoms with Crippen molar-refractivity contribution in [3.63, 3.8) is 0 Å². The molecule has 0 aliphatic heterocycles. The van der Waals surface area contributed by atoms with Gasteiger partial charge in [0, 0.05) is 28.6 Å². The fourth-order valence-corrected chi connectivity index (χ4v) is 3.08. The van der Waals surface area contributed by atoms with Crippen LogP contribution < -0.4 is 5.14 Å². The number of primary sulfonamides is 1. The Labute approximate surface area is 149 Å². The zero-order valence-corrected chi connectivity index (χ0v) is 15.2. The lowest BCUT2D eigenvalue weighted by Gasteiger charge is -2.04. The normalized spacial score (nSPS) is 11.7. The summed E-state index contributed by atoms with van der Waals surface area (Å²) in [6, 6.07) is 13.4. The molecule has 0 atom stereocenters. The quantitative estimate of drug-likeness (QED) is 0.776. The average Bonchev–Trinajstić information content (AvgIpc) is 2.48. The molecule has 0 bridgehead atoms. The van der Waals surface area contributed by atoms with E-state index >= 15 is 0 Å². The van der Waals surface area contributed by atoms with Gasteiger partial charge in [0.15, 0.2) is 0 Å². The lowest BCUT2D eigenvalue weighted by molar-refractivity contribution is 0.579. The SMILES string of the molecule is NS(=O)(=O)c1ccc(Cl)cc1.O=S(=O)(c1ccccc1)N(Cl)Cl. The van der Waals surface area contributed by atoms with Gasteiger partial charge in [0.05, 0.1) is 9.79 Å². The van der Waals surface area contributed by atoms with Crippen molar-refractivity contribution in [2.45, 2.75) is 9.79 Å². The summed E-state index contributed by atoms with van der Waals surface area (Å²) in [7, 11) is -7.29. The Balaban J connectivity index is 0.000000231. The molecule has 11 heteroatoms. The van der Waals surface area contributed by atoms with Gasteiger partial charge in [0.1, 0.15) is 0 Å². The monoisotopic (exact) mass is 416 g/mol. The standard InChI is InChI=1S/C6H5Cl2NO2S.C6H6ClNO2S/c7-9(8)12(10,11)6-4-2-1-3-5-6;7-5-1-3-6(4-2-5)11(8,9)10/h1-5H;1-4H,(H2,8,9,10). The summed E-state index contributed by atoms with van der Waals surface area (Å²) < 4.78 is 43.9. The van der Waals surface area contributed by atoms with Gasteiger partial charge in [-0.15, -0.1) is 0 Å². The number of benzene rings is 2. The lowest BCUT2D eigenvalue weighted by atomic mass is 10.4. The minimum absolute atomic E-state index is 0.0648. The summed E-state index contributed by atoms with van der Waals surface area (Å²) >= 11 is 15.8. The van der Waals surface area contributed by atoms with Crippen molar-refractivity contribution in [2.75, 3.05) is 0 Å². The third-order valence-corrected chi connectivity index (χ3v) is 5.87. The number of nitrogens with zero attached hydrogens (tertiary/aromatic N) is 1. The molecule has 0 saturated carbocycles. The van der Waals surface area contributed by atoms with Crippen molar-refractivity contribution in [2.24, 2.45) is 5.14 Å². The number of halogens is 3. The highest BCUT2D eigenvalue weighted by atomic mass is 35.5. The molecule has 0 aliphatic carbocycles. The highest BCUT2D eigenvalue weighted by Crippen LogP contribution is 2.18. The Kier molecular flexibility index (Phi) is 7.28. The smallest absolute Gasteiger partial charge is 0.225 e. The van der Waals surface area contributed by atoms with Crippen LogP contribution in [0, 0.1) is 0 Å². The van der Waals surface area contributed by atoms with Crippen LogP contribution in [0.1, 0.15) is 0 Å². The van der Waals surface area contributed by atoms with Crippen molar-refractivity contribution in [3.8, 4) is 0 Å². The topological polar surface area (TPSA) is 97.5 Å². The first kappa shape index (κ1) is 20.2. The molecular weight excluding hydrogens is 407 g/mol. The van der Waals surface area contributed by atoms with E-state index < -0.39 is 20.0 Å². The Morgan fingerprint density at radius 3 is 1.65 bits per heavy atom. The molecule has 2 aromatic carbocycles. The third-order valence-electron chi connectivity index (χ3n) is 2.36. The molecule has 2 rings (SSSR count). The van der Waals surface area contributed by atoms with E-state index in [9.17, 15) is 16.8 Å². The fourth-order valence-electron chi connectivity index (χ4n) is 1.30. The minimum atomic E-state index is -3.71. The summed E-state index contributed by atoms with van der Waals surface area (Å²) in [5.74, 6) is 0. The first-order chi connectivity index (χ1) is 10.5. The minimum Gasteiger partial charge on any atom is -0.225 e. The van der Waals surface area contributed by atoms with Crippen molar-refractivity contribution in [3.05, 3.63) is 59.6 Å². The van der Waals surface area contributed by atoms with Crippen LogP contribution >= 0.6 is 35.2 Å². The van der Waals surface area contributed by atoms with Gasteiger partial charge in [-0.3, -0.25) is 0 Å². The molecule has 0 radical (unpaired) electrons. The van der Waals surface area contributed by atoms with Gasteiger partial charge in [0.2, 0.25) is 10.0 Å². The van der Waals surface area contributed by atoms with Crippen LogP contribution in [0.2, 0.25) is 5.02 Å². The van der Waals surface area contributed by atoms with Crippen molar-refractivity contribution >= 4 is 55.2 Å². The summed E-state index contributed by atoms with van der Waals surface area (Å²) in [4.78, 5) is 0.136. The molecule has 6 nitrogen and oxygen atoms in total. The van der Waals surface area contributed by atoms with Crippen LogP contribution in [0.5, 0.6) is 0 Å². The Bertz CT molecular complexity index is 840. The molecule has 0 saturated heterocycles. The Hall–Kier alpha value is -0.870. The summed E-state index contributed by atoms with van der Waals surface area (Å²) in [6.07, 6.45) is 0. The van der Waals surface area contributed by atoms with E-state index in [-0.39, 0.29) is 13.1 Å². The number of hydrogen-bond acceptors (Lipinski definition) is 4. The highest BCUT2D eigenvalue weighted by Gasteiger charge is 2.20. The van der Waals surface area contributed by atoms with E-state index in [1.54, 1.807) is 18.2 Å². The molecule has 0 aromatic heterocycles. The maximum Gasteiger partial charge on any atom is 0.270 e. The molecule has 0 unspecified atom stereocenters. The summed E-state index contributed by atoms with van der Waals surface area (Å²) in [5, 5.41) is 5.32. The first-order valence-corrected chi connectivity index (χ1v) is 9.79. The first-order valence-electron chi connectivity index (χ1n) is 5.75. The molecular formula is C12H11Cl3N2O4S2. The van der Waals surface area contributed by atoms with Gasteiger partial charge in [-0.25, -0.2) is 22.0 Å². The second-order valence-electron chi connectivity index (χ2n) is 3.99. The van der Waals surface area contributed by atoms with Gasteiger partial charge < -0.3 is 0 Å². The van der Waals surface area contributed by atoms with Crippen LogP contribution in [-0.2, 0) is 20.0 Å². The van der Waals surface area contributed by atoms with E-state index in [1.165, 1.54) is 36.4 Å². The van der Waals surface area contributed by atoms with Crippen molar-refractivity contribution < 1.29 is 16.8 Å². The summed E-state index contributed by atoms with van der Waals surface area (Å²) in [5.41, 5.74) is 0. The van der Waals surface area contributed by atoms with Gasteiger partial charge >= 0.3 is 0 Å². The molecule has 2 aromatic rings. The number of hydrogen-bond donors (Lipinski definition) is 1. The Morgan fingerprint density at radius 1 is 0.783 bits per heavy atom. The maximum atomic E-state index is 11.2. The molecule has 126 valence electrons. The highest BCUT2D eigenvalue weighted by molar-refractivity contribution is 7.91. The second-order valence-corrected chi connectivity index (χ2v) is 9.02. The van der Waals surface area contributed by atoms with Gasteiger partial charge in [-0.2, -0.15) is 0 Å². The van der Waals surface area contributed by atoms with Crippen molar-refractivity contribution in [1.82, 2.24) is 3.34 Å². The zero-order valence-electron chi connectivity index (χ0n) is 11.3. The second kappa shape index (κ2) is 8.29. The zero-order chi connectivity index (χ0) is 17.7. The van der Waals surface area contributed by atoms with Crippen LogP contribution in [0.3, 0.4) is 0 Å². The van der Waals surface area contributed by atoms with Gasteiger partial charge in [-0.05, 0) is 39.7 Å². The maximum absolute atomic E-state index is 11.2. The van der Waals surface area contributed by atoms with Crippen LogP contribution in [-0.4, -0.2) is 20.2 Å². The molecule has 23 heavy (non-hydrogen) atoms. The van der Waals surface area contributed by atoms with E-state index in [0.717, 1.165) is 0 Å². The largest absolute Gasteiger partial charge is 0.270 e.